The number of hydrogen-bond donors (Lipinski definition) is 1. The number of nitrogens with one attached hydrogen (secondary N) is 1. The van der Waals surface area contributed by atoms with Gasteiger partial charge in [-0.1, -0.05) is 26.7 Å². The van der Waals surface area contributed by atoms with Gasteiger partial charge in [-0.3, -0.25) is 0 Å². The summed E-state index contributed by atoms with van der Waals surface area (Å²) >= 11 is 0. The predicted molar refractivity (Wildman–Crippen MR) is 79.0 cm³/mol. The fraction of sp³-hybridized carbons (Fsp3) is 1.00. The molecule has 108 valence electrons. The maximum Gasteiger partial charge on any atom is 0.0809 e. The Morgan fingerprint density at radius 3 is 2.33 bits per heavy atom. The van der Waals surface area contributed by atoms with Gasteiger partial charge >= 0.3 is 0 Å². The van der Waals surface area contributed by atoms with Crippen LogP contribution in [0.3, 0.4) is 0 Å². The third-order valence-corrected chi connectivity index (χ3v) is 4.07. The molecule has 0 spiro atoms. The highest BCUT2D eigenvalue weighted by atomic mass is 16.5. The average molecular weight is 255 g/mol. The topological polar surface area (TPSA) is 21.3 Å². The van der Waals surface area contributed by atoms with Crippen LogP contribution in [0, 0.1) is 5.92 Å². The molecule has 0 atom stereocenters. The van der Waals surface area contributed by atoms with Crippen molar-refractivity contribution in [2.24, 2.45) is 5.92 Å². The molecular formula is C16H33NO. The van der Waals surface area contributed by atoms with Gasteiger partial charge < -0.3 is 10.1 Å². The number of rotatable bonds is 8. The van der Waals surface area contributed by atoms with Crippen LogP contribution in [0.15, 0.2) is 0 Å². The molecule has 0 bridgehead atoms. The molecule has 0 aromatic carbocycles. The molecule has 1 N–H and O–H groups in total. The smallest absolute Gasteiger partial charge is 0.0809 e. The summed E-state index contributed by atoms with van der Waals surface area (Å²) < 4.78 is 6.29. The molecule has 1 aliphatic rings. The van der Waals surface area contributed by atoms with Crippen molar-refractivity contribution in [3.63, 3.8) is 0 Å². The fourth-order valence-corrected chi connectivity index (χ4v) is 3.23. The van der Waals surface area contributed by atoms with Gasteiger partial charge in [0.25, 0.3) is 0 Å². The molecule has 0 unspecified atom stereocenters. The van der Waals surface area contributed by atoms with Crippen LogP contribution in [0.25, 0.3) is 0 Å². The van der Waals surface area contributed by atoms with Crippen molar-refractivity contribution < 1.29 is 4.74 Å². The van der Waals surface area contributed by atoms with Crippen molar-refractivity contribution in [1.82, 2.24) is 5.32 Å². The van der Waals surface area contributed by atoms with E-state index in [1.807, 2.05) is 0 Å². The summed E-state index contributed by atoms with van der Waals surface area (Å²) in [6.07, 6.45) is 9.48. The Labute approximate surface area is 114 Å². The van der Waals surface area contributed by atoms with Crippen molar-refractivity contribution >= 4 is 0 Å². The molecule has 0 aliphatic heterocycles. The normalized spacial score (nSPS) is 28.8. The van der Waals surface area contributed by atoms with Crippen molar-refractivity contribution in [2.75, 3.05) is 13.1 Å². The van der Waals surface area contributed by atoms with E-state index in [0.29, 0.717) is 6.10 Å². The maximum absolute atomic E-state index is 6.29. The molecule has 1 fully saturated rings. The quantitative estimate of drug-likeness (QED) is 0.658. The van der Waals surface area contributed by atoms with Gasteiger partial charge in [-0.05, 0) is 58.4 Å². The molecule has 1 saturated carbocycles. The Morgan fingerprint density at radius 1 is 1.17 bits per heavy atom. The van der Waals surface area contributed by atoms with E-state index >= 15 is 0 Å². The Kier molecular flexibility index (Phi) is 7.25. The van der Waals surface area contributed by atoms with E-state index in [4.69, 9.17) is 4.74 Å². The van der Waals surface area contributed by atoms with E-state index in [0.717, 1.165) is 19.0 Å². The van der Waals surface area contributed by atoms with Crippen molar-refractivity contribution in [3.8, 4) is 0 Å². The maximum atomic E-state index is 6.29. The summed E-state index contributed by atoms with van der Waals surface area (Å²) in [6, 6.07) is 0. The van der Waals surface area contributed by atoms with Crippen LogP contribution in [0.1, 0.15) is 72.6 Å². The Balaban J connectivity index is 2.47. The molecular weight excluding hydrogens is 222 g/mol. The summed E-state index contributed by atoms with van der Waals surface area (Å²) in [5, 5.41) is 3.57. The minimum Gasteiger partial charge on any atom is -0.371 e. The molecule has 0 aromatic rings. The molecule has 2 heteroatoms. The van der Waals surface area contributed by atoms with Gasteiger partial charge in [-0.25, -0.2) is 0 Å². The standard InChI is InChI=1S/C16H33NO/c1-5-7-15-8-10-16(11-9-15,18-14(3)4)13-17-12-6-2/h14-15,17H,5-13H2,1-4H3. The molecule has 18 heavy (non-hydrogen) atoms. The van der Waals surface area contributed by atoms with E-state index in [9.17, 15) is 0 Å². The highest BCUT2D eigenvalue weighted by Crippen LogP contribution is 2.37. The predicted octanol–water partition coefficient (Wildman–Crippen LogP) is 4.14. The van der Waals surface area contributed by atoms with E-state index in [-0.39, 0.29) is 5.60 Å². The zero-order valence-corrected chi connectivity index (χ0v) is 12.9. The van der Waals surface area contributed by atoms with Gasteiger partial charge in [0.05, 0.1) is 11.7 Å². The van der Waals surface area contributed by atoms with Crippen molar-refractivity contribution in [2.45, 2.75) is 84.3 Å². The highest BCUT2D eigenvalue weighted by Gasteiger charge is 2.36. The number of hydrogen-bond acceptors (Lipinski definition) is 2. The van der Waals surface area contributed by atoms with E-state index in [1.54, 1.807) is 0 Å². The van der Waals surface area contributed by atoms with Gasteiger partial charge in [-0.15, -0.1) is 0 Å². The Hall–Kier alpha value is -0.0800. The first-order valence-electron chi connectivity index (χ1n) is 8.00. The lowest BCUT2D eigenvalue weighted by Crippen LogP contribution is -2.47. The van der Waals surface area contributed by atoms with Crippen LogP contribution >= 0.6 is 0 Å². The molecule has 0 amide bonds. The van der Waals surface area contributed by atoms with Crippen LogP contribution in [-0.2, 0) is 4.74 Å². The average Bonchev–Trinajstić information content (AvgIpc) is 2.32. The minimum atomic E-state index is 0.119. The Bertz CT molecular complexity index is 207. The van der Waals surface area contributed by atoms with Crippen LogP contribution < -0.4 is 5.32 Å². The molecule has 0 heterocycles. The van der Waals surface area contributed by atoms with Crippen LogP contribution in [0.4, 0.5) is 0 Å². The van der Waals surface area contributed by atoms with Gasteiger partial charge in [0.1, 0.15) is 0 Å². The van der Waals surface area contributed by atoms with Gasteiger partial charge in [0.15, 0.2) is 0 Å². The first-order valence-corrected chi connectivity index (χ1v) is 8.00. The summed E-state index contributed by atoms with van der Waals surface area (Å²) in [4.78, 5) is 0. The first-order chi connectivity index (χ1) is 8.62. The summed E-state index contributed by atoms with van der Waals surface area (Å²) in [5.74, 6) is 0.949. The molecule has 1 rings (SSSR count). The lowest BCUT2D eigenvalue weighted by atomic mass is 9.77. The zero-order valence-electron chi connectivity index (χ0n) is 12.9. The molecule has 0 aromatic heterocycles. The fourth-order valence-electron chi connectivity index (χ4n) is 3.23. The second kappa shape index (κ2) is 8.16. The molecule has 0 radical (unpaired) electrons. The Morgan fingerprint density at radius 2 is 1.83 bits per heavy atom. The van der Waals surface area contributed by atoms with Crippen molar-refractivity contribution in [3.05, 3.63) is 0 Å². The van der Waals surface area contributed by atoms with E-state index in [1.165, 1.54) is 44.9 Å². The monoisotopic (exact) mass is 255 g/mol. The van der Waals surface area contributed by atoms with Crippen LogP contribution in [0.2, 0.25) is 0 Å². The first kappa shape index (κ1) is 16.0. The zero-order chi connectivity index (χ0) is 13.4. The van der Waals surface area contributed by atoms with Crippen LogP contribution in [0.5, 0.6) is 0 Å². The van der Waals surface area contributed by atoms with Gasteiger partial charge in [0.2, 0.25) is 0 Å². The largest absolute Gasteiger partial charge is 0.371 e. The van der Waals surface area contributed by atoms with Crippen molar-refractivity contribution in [1.29, 1.82) is 0 Å². The highest BCUT2D eigenvalue weighted by molar-refractivity contribution is 4.89. The lowest BCUT2D eigenvalue weighted by Gasteiger charge is -2.41. The summed E-state index contributed by atoms with van der Waals surface area (Å²) in [7, 11) is 0. The van der Waals surface area contributed by atoms with Crippen LogP contribution in [-0.4, -0.2) is 24.8 Å². The summed E-state index contributed by atoms with van der Waals surface area (Å²) in [6.45, 7) is 11.0. The van der Waals surface area contributed by atoms with E-state index in [2.05, 4.69) is 33.0 Å². The van der Waals surface area contributed by atoms with Gasteiger partial charge in [-0.2, -0.15) is 0 Å². The molecule has 2 nitrogen and oxygen atoms in total. The SMILES string of the molecule is CCCNCC1(OC(C)C)CCC(CCC)CC1. The second-order valence-electron chi connectivity index (χ2n) is 6.26. The van der Waals surface area contributed by atoms with E-state index < -0.39 is 0 Å². The third kappa shape index (κ3) is 5.27. The number of ether oxygens (including phenoxy) is 1. The molecule has 0 saturated heterocycles. The lowest BCUT2D eigenvalue weighted by molar-refractivity contribution is -0.106. The summed E-state index contributed by atoms with van der Waals surface area (Å²) in [5.41, 5.74) is 0.119. The van der Waals surface area contributed by atoms with Gasteiger partial charge in [0, 0.05) is 6.54 Å². The second-order valence-corrected chi connectivity index (χ2v) is 6.26. The molecule has 1 aliphatic carbocycles. The third-order valence-electron chi connectivity index (χ3n) is 4.07. The minimum absolute atomic E-state index is 0.119.